The van der Waals surface area contributed by atoms with Crippen LogP contribution in [-0.4, -0.2) is 92.8 Å². The molecule has 0 radical (unpaired) electrons. The Kier molecular flexibility index (Phi) is 5.38. The van der Waals surface area contributed by atoms with E-state index in [0.717, 1.165) is 0 Å². The largest absolute Gasteiger partial charge is 0.390 e. The van der Waals surface area contributed by atoms with E-state index in [-0.39, 0.29) is 19.2 Å². The number of aromatic nitrogens is 6. The molecule has 0 aliphatic carbocycles. The first kappa shape index (κ1) is 18.0. The quantitative estimate of drug-likeness (QED) is 0.604. The monoisotopic (exact) mass is 378 g/mol. The minimum Gasteiger partial charge on any atom is -0.390 e. The Morgan fingerprint density at radius 1 is 0.741 bits per heavy atom. The summed E-state index contributed by atoms with van der Waals surface area (Å²) in [5.41, 5.74) is 0.642. The van der Waals surface area contributed by atoms with Gasteiger partial charge in [-0.25, -0.2) is 0 Å². The Morgan fingerprint density at radius 2 is 1.26 bits per heavy atom. The summed E-state index contributed by atoms with van der Waals surface area (Å²) >= 11 is 0. The third-order valence-corrected chi connectivity index (χ3v) is 4.52. The van der Waals surface area contributed by atoms with Crippen molar-refractivity contribution in [3.63, 3.8) is 0 Å². The fourth-order valence-electron chi connectivity index (χ4n) is 3.02. The molecule has 2 fully saturated rings. The lowest BCUT2D eigenvalue weighted by atomic mass is 10.3. The smallest absolute Gasteiger partial charge is 0.258 e. The number of hydrogen-bond acceptors (Lipinski definition) is 11. The average molecular weight is 378 g/mol. The van der Waals surface area contributed by atoms with Crippen molar-refractivity contribution in [1.82, 2.24) is 29.9 Å². The molecule has 2 aliphatic heterocycles. The highest BCUT2D eigenvalue weighted by molar-refractivity contribution is 5.42. The highest BCUT2D eigenvalue weighted by atomic mass is 16.5. The fourth-order valence-corrected chi connectivity index (χ4v) is 3.02. The zero-order valence-electron chi connectivity index (χ0n) is 14.9. The number of rotatable bonds is 5. The Balaban J connectivity index is 1.76. The van der Waals surface area contributed by atoms with Gasteiger partial charge in [0.1, 0.15) is 5.69 Å². The summed E-state index contributed by atoms with van der Waals surface area (Å²) in [6.07, 6.45) is 0. The molecule has 0 unspecified atom stereocenters. The van der Waals surface area contributed by atoms with Crippen molar-refractivity contribution in [3.05, 3.63) is 11.4 Å². The lowest BCUT2D eigenvalue weighted by Gasteiger charge is -2.30. The van der Waals surface area contributed by atoms with E-state index in [1.807, 2.05) is 9.80 Å². The predicted octanol–water partition coefficient (Wildman–Crippen LogP) is -1.89. The van der Waals surface area contributed by atoms with Gasteiger partial charge in [0.2, 0.25) is 11.9 Å². The maximum Gasteiger partial charge on any atom is 0.258 e. The molecule has 4 rings (SSSR count). The van der Waals surface area contributed by atoms with Crippen molar-refractivity contribution < 1.29 is 19.7 Å². The minimum atomic E-state index is -0.339. The topological polar surface area (TPSA) is 135 Å². The van der Waals surface area contributed by atoms with Crippen LogP contribution < -0.4 is 9.80 Å². The minimum absolute atomic E-state index is 0.254. The highest BCUT2D eigenvalue weighted by Crippen LogP contribution is 2.19. The van der Waals surface area contributed by atoms with Gasteiger partial charge in [0.25, 0.3) is 5.95 Å². The van der Waals surface area contributed by atoms with E-state index in [2.05, 4.69) is 25.3 Å². The summed E-state index contributed by atoms with van der Waals surface area (Å²) in [5.74, 6) is 1.30. The molecule has 0 atom stereocenters. The molecule has 146 valence electrons. The van der Waals surface area contributed by atoms with Crippen LogP contribution in [0.2, 0.25) is 0 Å². The van der Waals surface area contributed by atoms with Crippen LogP contribution >= 0.6 is 0 Å². The van der Waals surface area contributed by atoms with Crippen molar-refractivity contribution in [1.29, 1.82) is 0 Å². The Morgan fingerprint density at radius 3 is 1.74 bits per heavy atom. The van der Waals surface area contributed by atoms with Crippen LogP contribution in [0.4, 0.5) is 11.9 Å². The second-order valence-electron chi connectivity index (χ2n) is 6.15. The SMILES string of the molecule is OCc1nnn(-c2nc(N3CCOCC3)nc(N3CCOCC3)n2)c1CO. The normalized spacial score (nSPS) is 18.1. The van der Waals surface area contributed by atoms with Crippen LogP contribution in [0, 0.1) is 0 Å². The number of nitrogens with zero attached hydrogens (tertiary/aromatic N) is 8. The summed E-state index contributed by atoms with van der Waals surface area (Å²) < 4.78 is 12.2. The van der Waals surface area contributed by atoms with Crippen LogP contribution in [0.5, 0.6) is 0 Å². The van der Waals surface area contributed by atoms with E-state index in [1.54, 1.807) is 0 Å². The van der Waals surface area contributed by atoms with Crippen LogP contribution in [0.3, 0.4) is 0 Å². The summed E-state index contributed by atoms with van der Waals surface area (Å²) in [6.45, 7) is 4.47. The number of aliphatic hydroxyl groups excluding tert-OH is 2. The number of hydrogen-bond donors (Lipinski definition) is 2. The van der Waals surface area contributed by atoms with Crippen LogP contribution in [-0.2, 0) is 22.7 Å². The van der Waals surface area contributed by atoms with Crippen molar-refractivity contribution in [2.75, 3.05) is 62.4 Å². The van der Waals surface area contributed by atoms with Crippen LogP contribution in [0.15, 0.2) is 0 Å². The fraction of sp³-hybridized carbons (Fsp3) is 0.667. The third kappa shape index (κ3) is 3.69. The number of ether oxygens (including phenoxy) is 2. The van der Waals surface area contributed by atoms with Gasteiger partial charge in [-0.05, 0) is 0 Å². The molecule has 0 spiro atoms. The highest BCUT2D eigenvalue weighted by Gasteiger charge is 2.23. The molecule has 27 heavy (non-hydrogen) atoms. The van der Waals surface area contributed by atoms with Crippen LogP contribution in [0.1, 0.15) is 11.4 Å². The molecule has 12 heteroatoms. The Labute approximate surface area is 155 Å². The lowest BCUT2D eigenvalue weighted by Crippen LogP contribution is -2.40. The van der Waals surface area contributed by atoms with E-state index < -0.39 is 0 Å². The molecule has 2 aliphatic rings. The Bertz CT molecular complexity index is 737. The molecule has 2 N–H and O–H groups in total. The summed E-state index contributed by atoms with van der Waals surface area (Å²) in [7, 11) is 0. The van der Waals surface area contributed by atoms with E-state index in [0.29, 0.717) is 75.9 Å². The second kappa shape index (κ2) is 8.08. The molecule has 2 aromatic heterocycles. The van der Waals surface area contributed by atoms with Gasteiger partial charge in [0, 0.05) is 26.2 Å². The molecular formula is C15H22N8O4. The third-order valence-electron chi connectivity index (χ3n) is 4.52. The molecule has 0 aromatic carbocycles. The first-order chi connectivity index (χ1) is 13.3. The molecule has 2 aromatic rings. The van der Waals surface area contributed by atoms with Crippen molar-refractivity contribution in [2.45, 2.75) is 13.2 Å². The van der Waals surface area contributed by atoms with E-state index in [9.17, 15) is 10.2 Å². The summed E-state index contributed by atoms with van der Waals surface area (Å²) in [5, 5.41) is 27.0. The van der Waals surface area contributed by atoms with Gasteiger partial charge in [-0.2, -0.15) is 19.6 Å². The zero-order valence-corrected chi connectivity index (χ0v) is 14.9. The van der Waals surface area contributed by atoms with E-state index in [1.165, 1.54) is 4.68 Å². The number of morpholine rings is 2. The summed E-state index contributed by atoms with van der Waals surface area (Å²) in [4.78, 5) is 17.8. The first-order valence-corrected chi connectivity index (χ1v) is 8.87. The van der Waals surface area contributed by atoms with Gasteiger partial charge in [-0.3, -0.25) is 0 Å². The van der Waals surface area contributed by atoms with E-state index >= 15 is 0 Å². The van der Waals surface area contributed by atoms with Crippen molar-refractivity contribution in [3.8, 4) is 5.95 Å². The molecule has 2 saturated heterocycles. The zero-order chi connectivity index (χ0) is 18.6. The van der Waals surface area contributed by atoms with Gasteiger partial charge < -0.3 is 29.5 Å². The average Bonchev–Trinajstić information content (AvgIpc) is 3.18. The van der Waals surface area contributed by atoms with Crippen molar-refractivity contribution >= 4 is 11.9 Å². The maximum absolute atomic E-state index is 9.68. The van der Waals surface area contributed by atoms with Gasteiger partial charge >= 0.3 is 0 Å². The van der Waals surface area contributed by atoms with E-state index in [4.69, 9.17) is 9.47 Å². The standard InChI is InChI=1S/C15H22N8O4/c24-9-11-12(10-25)23(20-19-11)15-17-13(21-1-5-26-6-2-21)16-14(18-15)22-3-7-27-8-4-22/h24-25H,1-10H2. The first-order valence-electron chi connectivity index (χ1n) is 8.87. The molecule has 0 bridgehead atoms. The maximum atomic E-state index is 9.68. The number of aliphatic hydroxyl groups is 2. The Hall–Kier alpha value is -2.41. The molecule has 4 heterocycles. The molecule has 0 amide bonds. The lowest BCUT2D eigenvalue weighted by molar-refractivity contribution is 0.121. The molecule has 0 saturated carbocycles. The van der Waals surface area contributed by atoms with Gasteiger partial charge in [0.15, 0.2) is 0 Å². The number of anilines is 2. The molecule has 12 nitrogen and oxygen atoms in total. The van der Waals surface area contributed by atoms with Gasteiger partial charge in [-0.15, -0.1) is 5.10 Å². The van der Waals surface area contributed by atoms with Crippen molar-refractivity contribution in [2.24, 2.45) is 0 Å². The predicted molar refractivity (Wildman–Crippen MR) is 92.7 cm³/mol. The summed E-state index contributed by atoms with van der Waals surface area (Å²) in [6, 6.07) is 0. The van der Waals surface area contributed by atoms with Gasteiger partial charge in [-0.1, -0.05) is 5.21 Å². The van der Waals surface area contributed by atoms with Crippen LogP contribution in [0.25, 0.3) is 5.95 Å². The molecular weight excluding hydrogens is 356 g/mol. The second-order valence-corrected chi connectivity index (χ2v) is 6.15. The van der Waals surface area contributed by atoms with Gasteiger partial charge in [0.05, 0.1) is 45.3 Å².